The number of H-pyrrole nitrogens is 1. The molecule has 0 aliphatic carbocycles. The fourth-order valence-corrected chi connectivity index (χ4v) is 6.19. The molecule has 0 spiro atoms. The lowest BCUT2D eigenvalue weighted by atomic mass is 9.73. The van der Waals surface area contributed by atoms with Crippen LogP contribution in [0, 0.1) is 0 Å². The number of aliphatic hydroxyl groups is 1. The van der Waals surface area contributed by atoms with Crippen LogP contribution in [-0.4, -0.2) is 77.0 Å². The molecule has 4 aromatic rings. The zero-order chi connectivity index (χ0) is 33.4. The van der Waals surface area contributed by atoms with E-state index in [0.29, 0.717) is 79.2 Å². The van der Waals surface area contributed by atoms with Gasteiger partial charge in [-0.15, -0.1) is 0 Å². The molecule has 0 unspecified atom stereocenters. The number of methoxy groups -OCH3 is 1. The van der Waals surface area contributed by atoms with Gasteiger partial charge in [0.15, 0.2) is 11.5 Å². The molecule has 5 rings (SSSR count). The van der Waals surface area contributed by atoms with Crippen molar-refractivity contribution in [1.29, 1.82) is 0 Å². The number of aromatic hydroxyl groups is 1. The van der Waals surface area contributed by atoms with Gasteiger partial charge in [-0.05, 0) is 80.1 Å². The predicted molar refractivity (Wildman–Crippen MR) is 177 cm³/mol. The topological polar surface area (TPSA) is 161 Å². The van der Waals surface area contributed by atoms with Crippen LogP contribution < -0.4 is 20.3 Å². The molecule has 47 heavy (non-hydrogen) atoms. The number of phenolic OH excluding ortho intramolecular Hbond substituents is 1. The van der Waals surface area contributed by atoms with Crippen LogP contribution in [0.3, 0.4) is 0 Å². The van der Waals surface area contributed by atoms with Crippen molar-refractivity contribution in [3.63, 3.8) is 0 Å². The van der Waals surface area contributed by atoms with Gasteiger partial charge in [0.1, 0.15) is 5.75 Å². The summed E-state index contributed by atoms with van der Waals surface area (Å²) in [5, 5.41) is 34.7. The molecule has 0 saturated carbocycles. The Morgan fingerprint density at radius 2 is 1.74 bits per heavy atom. The summed E-state index contributed by atoms with van der Waals surface area (Å²) in [6, 6.07) is 20.4. The number of hydrogen-bond donors (Lipinski definition) is 5. The Morgan fingerprint density at radius 1 is 0.979 bits per heavy atom. The molecule has 1 aliphatic heterocycles. The van der Waals surface area contributed by atoms with E-state index in [1.165, 1.54) is 19.2 Å². The first kappa shape index (κ1) is 33.5. The average molecular weight is 644 g/mol. The van der Waals surface area contributed by atoms with E-state index in [9.17, 15) is 29.7 Å². The van der Waals surface area contributed by atoms with Crippen LogP contribution in [-0.2, 0) is 10.2 Å². The van der Waals surface area contributed by atoms with Crippen molar-refractivity contribution in [2.24, 2.45) is 0 Å². The van der Waals surface area contributed by atoms with Gasteiger partial charge in [-0.2, -0.15) is 0 Å². The highest BCUT2D eigenvalue weighted by Crippen LogP contribution is 2.37. The molecule has 1 amide bonds. The van der Waals surface area contributed by atoms with Crippen molar-refractivity contribution in [1.82, 2.24) is 15.2 Å². The van der Waals surface area contributed by atoms with Crippen LogP contribution in [0.4, 0.5) is 0 Å². The number of carbonyl (C=O) groups is 2. The number of fused-ring (bicyclic) bond motifs is 1. The van der Waals surface area contributed by atoms with Crippen molar-refractivity contribution < 1.29 is 34.4 Å². The molecule has 2 heterocycles. The molecule has 0 radical (unpaired) electrons. The van der Waals surface area contributed by atoms with E-state index in [2.05, 4.69) is 10.3 Å². The number of piperidine rings is 1. The fourth-order valence-electron chi connectivity index (χ4n) is 6.19. The summed E-state index contributed by atoms with van der Waals surface area (Å²) in [6.07, 6.45) is 2.42. The molecule has 1 aromatic heterocycles. The van der Waals surface area contributed by atoms with Gasteiger partial charge in [-0.1, -0.05) is 36.4 Å². The Labute approximate surface area is 272 Å². The number of carbonyl (C=O) groups excluding carboxylic acids is 1. The van der Waals surface area contributed by atoms with Crippen LogP contribution in [0.5, 0.6) is 17.2 Å². The second-order valence-corrected chi connectivity index (χ2v) is 11.8. The lowest BCUT2D eigenvalue weighted by Gasteiger charge is -2.39. The van der Waals surface area contributed by atoms with E-state index in [4.69, 9.17) is 9.47 Å². The molecule has 11 heteroatoms. The van der Waals surface area contributed by atoms with E-state index < -0.39 is 17.5 Å². The van der Waals surface area contributed by atoms with Crippen LogP contribution >= 0.6 is 0 Å². The van der Waals surface area contributed by atoms with Gasteiger partial charge in [0.2, 0.25) is 5.56 Å². The number of phenols is 1. The molecule has 1 atom stereocenters. The number of aromatic amines is 1. The van der Waals surface area contributed by atoms with Gasteiger partial charge in [0, 0.05) is 36.7 Å². The minimum Gasteiger partial charge on any atom is -0.506 e. The predicted octanol–water partition coefficient (Wildman–Crippen LogP) is 4.37. The molecule has 1 aliphatic rings. The summed E-state index contributed by atoms with van der Waals surface area (Å²) in [6.45, 7) is 2.16. The number of rotatable bonds is 14. The SMILES string of the molecule is COc1cc(C(=O)N2CCC(C(=O)O)(c3ccccc3)CC2)ccc1OCCCCCNC[C@H](O)c1ccc(O)c2[nH]c(=O)ccc12. The molecule has 1 saturated heterocycles. The number of nitrogens with one attached hydrogen (secondary N) is 2. The zero-order valence-corrected chi connectivity index (χ0v) is 26.4. The smallest absolute Gasteiger partial charge is 0.314 e. The summed E-state index contributed by atoms with van der Waals surface area (Å²) in [4.78, 5) is 41.5. The number of nitrogens with zero attached hydrogens (tertiary/aromatic N) is 1. The third kappa shape index (κ3) is 7.58. The maximum Gasteiger partial charge on any atom is 0.314 e. The number of aromatic nitrogens is 1. The number of pyridine rings is 1. The highest BCUT2D eigenvalue weighted by molar-refractivity contribution is 5.95. The van der Waals surface area contributed by atoms with Gasteiger partial charge in [0.05, 0.1) is 30.8 Å². The molecular formula is C36H41N3O8. The lowest BCUT2D eigenvalue weighted by molar-refractivity contribution is -0.145. The number of likely N-dealkylation sites (tertiary alicyclic amines) is 1. The van der Waals surface area contributed by atoms with Crippen molar-refractivity contribution in [3.8, 4) is 17.2 Å². The highest BCUT2D eigenvalue weighted by atomic mass is 16.5. The van der Waals surface area contributed by atoms with Crippen molar-refractivity contribution in [2.75, 3.05) is 39.9 Å². The van der Waals surface area contributed by atoms with Crippen molar-refractivity contribution in [2.45, 2.75) is 43.6 Å². The maximum atomic E-state index is 13.3. The lowest BCUT2D eigenvalue weighted by Crippen LogP contribution is -2.49. The summed E-state index contributed by atoms with van der Waals surface area (Å²) < 4.78 is 11.5. The second-order valence-electron chi connectivity index (χ2n) is 11.8. The standard InChI is InChI=1S/C36H41N3O8/c1-46-31-22-24(34(43)39-19-16-36(17-20-39,35(44)45)25-8-4-2-5-9-25)10-14-30(31)47-21-7-3-6-18-37-23-29(41)26-11-13-28(40)33-27(26)12-15-32(42)38-33/h2,4-5,8-15,22,29,37,40-41H,3,6-7,16-21,23H2,1H3,(H,38,42)(H,44,45)/t29-/m0/s1. The zero-order valence-electron chi connectivity index (χ0n) is 26.4. The first-order valence-electron chi connectivity index (χ1n) is 15.9. The Balaban J connectivity index is 1.05. The third-order valence-corrected chi connectivity index (χ3v) is 8.91. The molecule has 248 valence electrons. The van der Waals surface area contributed by atoms with Gasteiger partial charge >= 0.3 is 5.97 Å². The number of unbranched alkanes of at least 4 members (excludes halogenated alkanes) is 2. The maximum absolute atomic E-state index is 13.3. The normalized spacial score (nSPS) is 14.9. The molecule has 11 nitrogen and oxygen atoms in total. The Hall–Kier alpha value is -4.87. The quantitative estimate of drug-likeness (QED) is 0.126. The third-order valence-electron chi connectivity index (χ3n) is 8.91. The minimum atomic E-state index is -1.00. The number of ether oxygens (including phenoxy) is 2. The summed E-state index contributed by atoms with van der Waals surface area (Å²) in [5.41, 5.74) is 0.821. The van der Waals surface area contributed by atoms with Crippen molar-refractivity contribution in [3.05, 3.63) is 99.8 Å². The Kier molecular flexibility index (Phi) is 10.8. The van der Waals surface area contributed by atoms with Gasteiger partial charge in [-0.25, -0.2) is 0 Å². The molecule has 3 aromatic carbocycles. The second kappa shape index (κ2) is 15.1. The fraction of sp³-hybridized carbons (Fsp3) is 0.361. The monoisotopic (exact) mass is 643 g/mol. The number of hydrogen-bond acceptors (Lipinski definition) is 8. The average Bonchev–Trinajstić information content (AvgIpc) is 3.09. The molecule has 1 fully saturated rings. The van der Waals surface area contributed by atoms with E-state index in [0.717, 1.165) is 24.8 Å². The summed E-state index contributed by atoms with van der Waals surface area (Å²) in [7, 11) is 1.53. The number of carboxylic acids is 1. The van der Waals surface area contributed by atoms with Crippen LogP contribution in [0.25, 0.3) is 10.9 Å². The summed E-state index contributed by atoms with van der Waals surface area (Å²) >= 11 is 0. The highest BCUT2D eigenvalue weighted by Gasteiger charge is 2.44. The molecular weight excluding hydrogens is 602 g/mol. The van der Waals surface area contributed by atoms with Crippen molar-refractivity contribution >= 4 is 22.8 Å². The van der Waals surface area contributed by atoms with E-state index >= 15 is 0 Å². The van der Waals surface area contributed by atoms with Crippen LogP contribution in [0.1, 0.15) is 59.7 Å². The Morgan fingerprint density at radius 3 is 2.47 bits per heavy atom. The van der Waals surface area contributed by atoms with E-state index in [-0.39, 0.29) is 17.2 Å². The number of amides is 1. The van der Waals surface area contributed by atoms with E-state index in [1.54, 1.807) is 35.2 Å². The van der Waals surface area contributed by atoms with Gasteiger partial charge in [0.25, 0.3) is 5.91 Å². The summed E-state index contributed by atoms with van der Waals surface area (Å²) in [5.74, 6) is -0.0846. The van der Waals surface area contributed by atoms with Gasteiger partial charge < -0.3 is 40.0 Å². The van der Waals surface area contributed by atoms with Crippen LogP contribution in [0.15, 0.2) is 77.6 Å². The molecule has 0 bridgehead atoms. The largest absolute Gasteiger partial charge is 0.506 e. The first-order chi connectivity index (χ1) is 22.7. The first-order valence-corrected chi connectivity index (χ1v) is 15.9. The number of carboxylic acid groups (broad SMARTS) is 1. The molecule has 5 N–H and O–H groups in total. The number of benzene rings is 3. The van der Waals surface area contributed by atoms with E-state index in [1.807, 2.05) is 30.3 Å². The van der Waals surface area contributed by atoms with Gasteiger partial charge in [-0.3, -0.25) is 14.4 Å². The Bertz CT molecular complexity index is 1750. The number of aliphatic hydroxyl groups excluding tert-OH is 1. The number of aliphatic carboxylic acids is 1. The van der Waals surface area contributed by atoms with Crippen LogP contribution in [0.2, 0.25) is 0 Å². The minimum absolute atomic E-state index is 0.0437.